The van der Waals surface area contributed by atoms with Crippen LogP contribution in [0, 0.1) is 0 Å². The molecule has 6 nitrogen and oxygen atoms in total. The van der Waals surface area contributed by atoms with Crippen LogP contribution in [0.3, 0.4) is 0 Å². The lowest BCUT2D eigenvalue weighted by molar-refractivity contribution is -0.142. The smallest absolute Gasteiger partial charge is 0.343 e. The second-order valence-corrected chi connectivity index (χ2v) is 3.14. The Balaban J connectivity index is 2.59. The summed E-state index contributed by atoms with van der Waals surface area (Å²) in [6.45, 7) is -0.266. The molecule has 0 heterocycles. The van der Waals surface area contributed by atoms with Crippen molar-refractivity contribution in [2.45, 2.75) is 0 Å². The van der Waals surface area contributed by atoms with E-state index in [1.807, 2.05) is 0 Å². The van der Waals surface area contributed by atoms with E-state index in [2.05, 4.69) is 10.1 Å². The van der Waals surface area contributed by atoms with Gasteiger partial charge in [0, 0.05) is 11.8 Å². The highest BCUT2D eigenvalue weighted by Gasteiger charge is 2.03. The average molecular weight is 238 g/mol. The van der Waals surface area contributed by atoms with Crippen LogP contribution in [0.25, 0.3) is 0 Å². The van der Waals surface area contributed by atoms with E-state index in [1.165, 1.54) is 7.11 Å². The van der Waals surface area contributed by atoms with Gasteiger partial charge >= 0.3 is 5.97 Å². The average Bonchev–Trinajstić information content (AvgIpc) is 2.36. The van der Waals surface area contributed by atoms with Gasteiger partial charge in [-0.15, -0.1) is 0 Å². The molecule has 17 heavy (non-hydrogen) atoms. The third kappa shape index (κ3) is 4.52. The molecule has 0 unspecified atom stereocenters. The van der Waals surface area contributed by atoms with Crippen LogP contribution in [0.1, 0.15) is 0 Å². The Hall–Kier alpha value is -2.08. The van der Waals surface area contributed by atoms with Crippen LogP contribution < -0.4 is 15.8 Å². The highest BCUT2D eigenvalue weighted by atomic mass is 16.6. The molecule has 0 radical (unpaired) electrons. The summed E-state index contributed by atoms with van der Waals surface area (Å²) in [6.07, 6.45) is 0. The predicted molar refractivity (Wildman–Crippen MR) is 61.6 cm³/mol. The summed E-state index contributed by atoms with van der Waals surface area (Å²) >= 11 is 0. The van der Waals surface area contributed by atoms with Gasteiger partial charge in [0.25, 0.3) is 0 Å². The molecule has 92 valence electrons. The number of hydrogen-bond donors (Lipinski definition) is 2. The van der Waals surface area contributed by atoms with Gasteiger partial charge in [0.2, 0.25) is 5.91 Å². The molecule has 1 amide bonds. The van der Waals surface area contributed by atoms with E-state index in [0.29, 0.717) is 11.4 Å². The zero-order valence-electron chi connectivity index (χ0n) is 9.43. The fourth-order valence-corrected chi connectivity index (χ4v) is 1.08. The first kappa shape index (κ1) is 13.0. The van der Waals surface area contributed by atoms with Crippen molar-refractivity contribution < 1.29 is 19.1 Å². The van der Waals surface area contributed by atoms with E-state index in [-0.39, 0.29) is 19.1 Å². The minimum absolute atomic E-state index is 0.0900. The fraction of sp³-hybridized carbons (Fsp3) is 0.273. The number of anilines is 1. The molecule has 0 fully saturated rings. The molecule has 1 aromatic carbocycles. The van der Waals surface area contributed by atoms with Crippen molar-refractivity contribution in [2.75, 3.05) is 25.6 Å². The standard InChI is InChI=1S/C11H14N2O4/c1-16-11(15)7-17-9-4-2-3-8(5-9)13-10(14)6-12/h2-5H,6-7,12H2,1H3,(H,13,14). The number of ether oxygens (including phenoxy) is 2. The van der Waals surface area contributed by atoms with Gasteiger partial charge in [-0.3, -0.25) is 4.79 Å². The van der Waals surface area contributed by atoms with Crippen LogP contribution in [-0.2, 0) is 14.3 Å². The molecule has 0 atom stereocenters. The van der Waals surface area contributed by atoms with E-state index in [9.17, 15) is 9.59 Å². The van der Waals surface area contributed by atoms with E-state index in [1.54, 1.807) is 24.3 Å². The molecule has 0 bridgehead atoms. The summed E-state index contributed by atoms with van der Waals surface area (Å²) in [5.41, 5.74) is 5.73. The van der Waals surface area contributed by atoms with Gasteiger partial charge in [0.15, 0.2) is 6.61 Å². The highest BCUT2D eigenvalue weighted by molar-refractivity contribution is 5.92. The normalized spacial score (nSPS) is 9.53. The number of nitrogens with two attached hydrogens (primary N) is 1. The molecule has 0 saturated carbocycles. The maximum atomic E-state index is 11.1. The maximum absolute atomic E-state index is 11.1. The van der Waals surface area contributed by atoms with Crippen LogP contribution >= 0.6 is 0 Å². The minimum Gasteiger partial charge on any atom is -0.482 e. The highest BCUT2D eigenvalue weighted by Crippen LogP contribution is 2.17. The van der Waals surface area contributed by atoms with Crippen molar-refractivity contribution in [3.05, 3.63) is 24.3 Å². The topological polar surface area (TPSA) is 90.6 Å². The molecule has 1 aromatic rings. The number of amides is 1. The van der Waals surface area contributed by atoms with Crippen LogP contribution in [-0.4, -0.2) is 32.1 Å². The third-order valence-electron chi connectivity index (χ3n) is 1.89. The Bertz CT molecular complexity index is 406. The first-order valence-corrected chi connectivity index (χ1v) is 4.95. The predicted octanol–water partition coefficient (Wildman–Crippen LogP) is 0.136. The lowest BCUT2D eigenvalue weighted by atomic mass is 10.3. The number of benzene rings is 1. The molecule has 0 aliphatic carbocycles. The van der Waals surface area contributed by atoms with Crippen LogP contribution in [0.2, 0.25) is 0 Å². The molecule has 0 aliphatic heterocycles. The Kier molecular flexibility index (Phi) is 4.96. The number of hydrogen-bond acceptors (Lipinski definition) is 5. The molecular weight excluding hydrogens is 224 g/mol. The van der Waals surface area contributed by atoms with Crippen LogP contribution in [0.5, 0.6) is 5.75 Å². The number of esters is 1. The molecule has 0 aliphatic rings. The van der Waals surface area contributed by atoms with Crippen LogP contribution in [0.4, 0.5) is 5.69 Å². The Labute approximate surface area is 98.7 Å². The lowest BCUT2D eigenvalue weighted by Gasteiger charge is -2.07. The summed E-state index contributed by atoms with van der Waals surface area (Å²) < 4.78 is 9.59. The van der Waals surface area contributed by atoms with Gasteiger partial charge < -0.3 is 20.5 Å². The first-order chi connectivity index (χ1) is 8.15. The number of methoxy groups -OCH3 is 1. The minimum atomic E-state index is -0.471. The van der Waals surface area contributed by atoms with Crippen molar-refractivity contribution in [1.29, 1.82) is 0 Å². The van der Waals surface area contributed by atoms with Crippen molar-refractivity contribution in [1.82, 2.24) is 0 Å². The van der Waals surface area contributed by atoms with Crippen molar-refractivity contribution in [3.63, 3.8) is 0 Å². The third-order valence-corrected chi connectivity index (χ3v) is 1.89. The zero-order chi connectivity index (χ0) is 12.7. The van der Waals surface area contributed by atoms with E-state index in [4.69, 9.17) is 10.5 Å². The second kappa shape index (κ2) is 6.49. The Morgan fingerprint density at radius 1 is 1.41 bits per heavy atom. The van der Waals surface area contributed by atoms with Gasteiger partial charge in [0.05, 0.1) is 13.7 Å². The molecule has 3 N–H and O–H groups in total. The number of carbonyl (C=O) groups is 2. The number of carbonyl (C=O) groups excluding carboxylic acids is 2. The fourth-order valence-electron chi connectivity index (χ4n) is 1.08. The van der Waals surface area contributed by atoms with Crippen molar-refractivity contribution >= 4 is 17.6 Å². The van der Waals surface area contributed by atoms with Gasteiger partial charge in [-0.1, -0.05) is 6.07 Å². The molecule has 0 spiro atoms. The molecule has 0 saturated heterocycles. The quantitative estimate of drug-likeness (QED) is 0.712. The van der Waals surface area contributed by atoms with E-state index < -0.39 is 5.97 Å². The summed E-state index contributed by atoms with van der Waals surface area (Å²) in [7, 11) is 1.28. The van der Waals surface area contributed by atoms with E-state index in [0.717, 1.165) is 0 Å². The van der Waals surface area contributed by atoms with Crippen LogP contribution in [0.15, 0.2) is 24.3 Å². The summed E-state index contributed by atoms with van der Waals surface area (Å²) in [5, 5.41) is 2.57. The maximum Gasteiger partial charge on any atom is 0.343 e. The first-order valence-electron chi connectivity index (χ1n) is 4.95. The summed E-state index contributed by atoms with van der Waals surface area (Å²) in [4.78, 5) is 21.9. The Morgan fingerprint density at radius 2 is 2.18 bits per heavy atom. The van der Waals surface area contributed by atoms with E-state index >= 15 is 0 Å². The SMILES string of the molecule is COC(=O)COc1cccc(NC(=O)CN)c1. The zero-order valence-corrected chi connectivity index (χ0v) is 9.43. The molecule has 6 heteroatoms. The Morgan fingerprint density at radius 3 is 2.82 bits per heavy atom. The molecular formula is C11H14N2O4. The van der Waals surface area contributed by atoms with Gasteiger partial charge in [-0.25, -0.2) is 4.79 Å². The largest absolute Gasteiger partial charge is 0.482 e. The molecule has 0 aromatic heterocycles. The van der Waals surface area contributed by atoms with Gasteiger partial charge in [0.1, 0.15) is 5.75 Å². The second-order valence-electron chi connectivity index (χ2n) is 3.14. The lowest BCUT2D eigenvalue weighted by Crippen LogP contribution is -2.21. The summed E-state index contributed by atoms with van der Waals surface area (Å²) in [6, 6.07) is 6.65. The van der Waals surface area contributed by atoms with Crippen molar-refractivity contribution in [2.24, 2.45) is 5.73 Å². The number of rotatable bonds is 5. The van der Waals surface area contributed by atoms with Gasteiger partial charge in [-0.2, -0.15) is 0 Å². The summed E-state index contributed by atoms with van der Waals surface area (Å²) in [5.74, 6) is -0.304. The monoisotopic (exact) mass is 238 g/mol. The van der Waals surface area contributed by atoms with Gasteiger partial charge in [-0.05, 0) is 12.1 Å². The number of nitrogens with one attached hydrogen (secondary N) is 1. The van der Waals surface area contributed by atoms with Crippen molar-refractivity contribution in [3.8, 4) is 5.75 Å². The molecule has 1 rings (SSSR count).